The molecule has 2 aromatic carbocycles. The molecule has 3 atom stereocenters. The van der Waals surface area contributed by atoms with Crippen LogP contribution in [-0.4, -0.2) is 59.0 Å². The summed E-state index contributed by atoms with van der Waals surface area (Å²) in [5, 5.41) is 3.04. The van der Waals surface area contributed by atoms with Gasteiger partial charge in [0.25, 0.3) is 25.8 Å². The Morgan fingerprint density at radius 3 is 2.33 bits per heavy atom. The van der Waals surface area contributed by atoms with E-state index in [2.05, 4.69) is 10.3 Å². The molecule has 1 amide bonds. The van der Waals surface area contributed by atoms with Gasteiger partial charge in [-0.2, -0.15) is 30.0 Å². The molecule has 0 saturated carbocycles. The van der Waals surface area contributed by atoms with Crippen molar-refractivity contribution in [1.29, 1.82) is 0 Å². The van der Waals surface area contributed by atoms with Gasteiger partial charge in [-0.3, -0.25) is 18.0 Å². The van der Waals surface area contributed by atoms with E-state index in [0.29, 0.717) is 10.9 Å². The highest BCUT2D eigenvalue weighted by atomic mass is 32.2. The van der Waals surface area contributed by atoms with E-state index in [1.165, 1.54) is 42.5 Å². The van der Waals surface area contributed by atoms with Crippen LogP contribution in [0.4, 0.5) is 13.2 Å². The fourth-order valence-corrected chi connectivity index (χ4v) is 5.49. The number of nitrogens with one attached hydrogen (secondary N) is 2. The van der Waals surface area contributed by atoms with E-state index in [1.807, 2.05) is 0 Å². The van der Waals surface area contributed by atoms with Crippen LogP contribution in [0.25, 0.3) is 22.0 Å². The van der Waals surface area contributed by atoms with Crippen LogP contribution < -0.4 is 10.9 Å². The van der Waals surface area contributed by atoms with Crippen molar-refractivity contribution in [3.8, 4) is 11.3 Å². The predicted molar refractivity (Wildman–Crippen MR) is 135 cm³/mol. The summed E-state index contributed by atoms with van der Waals surface area (Å²) in [6, 6.07) is 9.77. The predicted octanol–water partition coefficient (Wildman–Crippen LogP) is 2.51. The van der Waals surface area contributed by atoms with E-state index < -0.39 is 68.1 Å². The summed E-state index contributed by atoms with van der Waals surface area (Å²) >= 11 is 0. The highest BCUT2D eigenvalue weighted by molar-refractivity contribution is 7.86. The van der Waals surface area contributed by atoms with Crippen molar-refractivity contribution in [2.24, 2.45) is 0 Å². The van der Waals surface area contributed by atoms with E-state index in [1.54, 1.807) is 0 Å². The van der Waals surface area contributed by atoms with Gasteiger partial charge in [-0.05, 0) is 35.6 Å². The second kappa shape index (κ2) is 10.4. The average molecular weight is 589 g/mol. The summed E-state index contributed by atoms with van der Waals surface area (Å²) in [6.07, 6.45) is -4.44. The zero-order chi connectivity index (χ0) is 28.8. The molecular formula is C24H23F3N2O8S2. The number of rotatable bonds is 8. The van der Waals surface area contributed by atoms with Gasteiger partial charge in [0.2, 0.25) is 5.91 Å². The first kappa shape index (κ1) is 28.7. The van der Waals surface area contributed by atoms with Crippen molar-refractivity contribution >= 4 is 36.9 Å². The lowest BCUT2D eigenvalue weighted by Crippen LogP contribution is -2.42. The van der Waals surface area contributed by atoms with Crippen molar-refractivity contribution in [3.05, 3.63) is 70.0 Å². The zero-order valence-corrected chi connectivity index (χ0v) is 22.1. The monoisotopic (exact) mass is 588 g/mol. The van der Waals surface area contributed by atoms with Crippen molar-refractivity contribution < 1.29 is 43.2 Å². The minimum Gasteiger partial charge on any atom is -0.350 e. The number of carbonyl (C=O) groups is 1. The minimum absolute atomic E-state index is 0.00735. The highest BCUT2D eigenvalue weighted by Gasteiger charge is 2.40. The number of fused-ring (bicyclic) bond motifs is 1. The Kier molecular flexibility index (Phi) is 7.64. The number of H-pyrrole nitrogens is 1. The molecule has 0 radical (unpaired) electrons. The number of aromatic amines is 1. The maximum absolute atomic E-state index is 13.5. The normalized spacial score (nSPS) is 19.3. The molecule has 3 aromatic rings. The van der Waals surface area contributed by atoms with Gasteiger partial charge >= 0.3 is 6.18 Å². The van der Waals surface area contributed by atoms with E-state index in [0.717, 1.165) is 18.6 Å². The summed E-state index contributed by atoms with van der Waals surface area (Å²) in [7, 11) is -7.98. The zero-order valence-electron chi connectivity index (χ0n) is 20.5. The molecule has 10 nitrogen and oxygen atoms in total. The topological polar surface area (TPSA) is 149 Å². The second-order valence-electron chi connectivity index (χ2n) is 9.13. The van der Waals surface area contributed by atoms with Crippen molar-refractivity contribution in [2.75, 3.05) is 19.1 Å². The number of pyridine rings is 1. The largest absolute Gasteiger partial charge is 0.417 e. The van der Waals surface area contributed by atoms with Crippen LogP contribution in [-0.2, 0) is 39.6 Å². The second-order valence-corrected chi connectivity index (χ2v) is 12.4. The van der Waals surface area contributed by atoms with Crippen molar-refractivity contribution in [3.63, 3.8) is 0 Å². The van der Waals surface area contributed by atoms with Crippen LogP contribution >= 0.6 is 0 Å². The van der Waals surface area contributed by atoms with Gasteiger partial charge in [0.1, 0.15) is 6.10 Å². The SMILES string of the molecule is CS(=O)(=O)OC[C@H](OS(C)(=O)=O)C1C[C@@H](c2ccc3cc(-c4ccccc4C(F)(F)F)[nH]c(=O)c3c2)C(=O)N1. The van der Waals surface area contributed by atoms with Crippen LogP contribution in [0.2, 0.25) is 0 Å². The number of hydrogen-bond donors (Lipinski definition) is 2. The number of aromatic nitrogens is 1. The molecule has 0 bridgehead atoms. The van der Waals surface area contributed by atoms with Gasteiger partial charge in [0.15, 0.2) is 0 Å². The van der Waals surface area contributed by atoms with Crippen molar-refractivity contribution in [1.82, 2.24) is 10.3 Å². The smallest absolute Gasteiger partial charge is 0.350 e. The number of alkyl halides is 3. The van der Waals surface area contributed by atoms with Gasteiger partial charge < -0.3 is 10.3 Å². The third-order valence-electron chi connectivity index (χ3n) is 6.12. The molecule has 4 rings (SSSR count). The summed E-state index contributed by atoms with van der Waals surface area (Å²) in [6.45, 7) is -0.664. The maximum atomic E-state index is 13.5. The molecule has 1 aliphatic heterocycles. The first-order chi connectivity index (χ1) is 18.0. The number of carbonyl (C=O) groups excluding carboxylic acids is 1. The van der Waals surface area contributed by atoms with Crippen LogP contribution in [0.15, 0.2) is 53.3 Å². The molecule has 0 spiro atoms. The number of halogens is 3. The van der Waals surface area contributed by atoms with Crippen LogP contribution in [0.1, 0.15) is 23.5 Å². The Bertz CT molecular complexity index is 1700. The molecular weight excluding hydrogens is 565 g/mol. The third kappa shape index (κ3) is 6.84. The van der Waals surface area contributed by atoms with E-state index in [9.17, 15) is 39.6 Å². The molecule has 2 heterocycles. The summed E-state index contributed by atoms with van der Waals surface area (Å²) in [4.78, 5) is 28.1. The Labute approximate surface area is 221 Å². The highest BCUT2D eigenvalue weighted by Crippen LogP contribution is 2.37. The molecule has 1 unspecified atom stereocenters. The fraction of sp³-hybridized carbons (Fsp3) is 0.333. The molecule has 39 heavy (non-hydrogen) atoms. The Hall–Kier alpha value is -3.27. The van der Waals surface area contributed by atoms with Gasteiger partial charge in [0, 0.05) is 16.6 Å². The number of hydrogen-bond acceptors (Lipinski definition) is 8. The molecule has 15 heteroatoms. The molecule has 1 aromatic heterocycles. The van der Waals surface area contributed by atoms with Gasteiger partial charge in [0.05, 0.1) is 36.6 Å². The van der Waals surface area contributed by atoms with Crippen LogP contribution in [0.5, 0.6) is 0 Å². The van der Waals surface area contributed by atoms with Crippen LogP contribution in [0.3, 0.4) is 0 Å². The van der Waals surface area contributed by atoms with Crippen LogP contribution in [0, 0.1) is 0 Å². The minimum atomic E-state index is -4.64. The van der Waals surface area contributed by atoms with Gasteiger partial charge in [-0.15, -0.1) is 0 Å². The lowest BCUT2D eigenvalue weighted by Gasteiger charge is -2.22. The maximum Gasteiger partial charge on any atom is 0.417 e. The van der Waals surface area contributed by atoms with Gasteiger partial charge in [-0.1, -0.05) is 30.3 Å². The van der Waals surface area contributed by atoms with Gasteiger partial charge in [-0.25, -0.2) is 0 Å². The summed E-state index contributed by atoms with van der Waals surface area (Å²) in [5.41, 5.74) is -1.41. The van der Waals surface area contributed by atoms with E-state index in [4.69, 9.17) is 8.37 Å². The van der Waals surface area contributed by atoms with Crippen molar-refractivity contribution in [2.45, 2.75) is 30.7 Å². The Morgan fingerprint density at radius 2 is 1.69 bits per heavy atom. The molecule has 1 fully saturated rings. The molecule has 1 saturated heterocycles. The lowest BCUT2D eigenvalue weighted by atomic mass is 9.92. The molecule has 210 valence electrons. The van der Waals surface area contributed by atoms with E-state index in [-0.39, 0.29) is 23.1 Å². The summed E-state index contributed by atoms with van der Waals surface area (Å²) < 4.78 is 96.3. The number of benzene rings is 2. The molecule has 0 aliphatic carbocycles. The first-order valence-corrected chi connectivity index (χ1v) is 15.0. The fourth-order valence-electron chi connectivity index (χ4n) is 4.47. The average Bonchev–Trinajstić information content (AvgIpc) is 3.21. The van der Waals surface area contributed by atoms with E-state index >= 15 is 0 Å². The Morgan fingerprint density at radius 1 is 1.00 bits per heavy atom. The first-order valence-electron chi connectivity index (χ1n) is 11.4. The molecule has 1 aliphatic rings. The molecule has 2 N–H and O–H groups in total. The third-order valence-corrected chi connectivity index (χ3v) is 7.28. The lowest BCUT2D eigenvalue weighted by molar-refractivity contribution is -0.137. The number of amides is 1. The quantitative estimate of drug-likeness (QED) is 0.382. The Balaban J connectivity index is 1.65. The summed E-state index contributed by atoms with van der Waals surface area (Å²) in [5.74, 6) is -1.37. The standard InChI is InChI=1S/C24H23F3N2O8S2/c1-38(32,33)36-12-21(37-39(2,34)35)20-11-17(23(31)29-20)13-7-8-14-10-19(28-22(30)16(14)9-13)15-5-3-4-6-18(15)24(25,26)27/h3-10,17,20-21H,11-12H2,1-2H3,(H,28,30)(H,29,31)/t17-,20?,21-/m0/s1.